The van der Waals surface area contributed by atoms with E-state index in [0.29, 0.717) is 5.92 Å². The summed E-state index contributed by atoms with van der Waals surface area (Å²) in [5.74, 6) is 0.369. The number of aliphatic imine (C=N–C) groups is 1. The van der Waals surface area contributed by atoms with E-state index in [4.69, 9.17) is 4.99 Å². The van der Waals surface area contributed by atoms with E-state index in [1.165, 1.54) is 93.8 Å². The Hall–Kier alpha value is -6.51. The molecule has 0 saturated heterocycles. The van der Waals surface area contributed by atoms with Crippen molar-refractivity contribution >= 4 is 49.4 Å². The second-order valence-electron chi connectivity index (χ2n) is 18.1. The molecule has 1 aromatic heterocycles. The molecule has 0 aliphatic heterocycles. The highest BCUT2D eigenvalue weighted by Crippen LogP contribution is 2.58. The molecular formula is C59H52N2. The van der Waals surface area contributed by atoms with E-state index >= 15 is 0 Å². The van der Waals surface area contributed by atoms with E-state index in [1.807, 2.05) is 0 Å². The molecule has 0 saturated carbocycles. The van der Waals surface area contributed by atoms with Crippen molar-refractivity contribution in [2.45, 2.75) is 70.9 Å². The topological polar surface area (TPSA) is 17.3 Å². The van der Waals surface area contributed by atoms with Gasteiger partial charge in [-0.3, -0.25) is 4.99 Å². The second-order valence-corrected chi connectivity index (χ2v) is 18.1. The van der Waals surface area contributed by atoms with Gasteiger partial charge < -0.3 is 4.57 Å². The summed E-state index contributed by atoms with van der Waals surface area (Å²) in [6.45, 7) is 11.9. The van der Waals surface area contributed by atoms with E-state index in [9.17, 15) is 0 Å². The molecule has 0 fully saturated rings. The van der Waals surface area contributed by atoms with Gasteiger partial charge in [-0.2, -0.15) is 0 Å². The first-order valence-electron chi connectivity index (χ1n) is 22.3. The lowest BCUT2D eigenvalue weighted by Gasteiger charge is -2.35. The van der Waals surface area contributed by atoms with Gasteiger partial charge in [0.05, 0.1) is 22.2 Å². The summed E-state index contributed by atoms with van der Waals surface area (Å²) in [6.07, 6.45) is 7.72. The van der Waals surface area contributed by atoms with E-state index in [2.05, 4.69) is 215 Å². The number of para-hydroxylation sites is 1. The predicted octanol–water partition coefficient (Wildman–Crippen LogP) is 15.2. The predicted molar refractivity (Wildman–Crippen MR) is 259 cm³/mol. The molecule has 8 aromatic rings. The smallest absolute Gasteiger partial charge is 0.123 e. The Morgan fingerprint density at radius 2 is 1.30 bits per heavy atom. The molecule has 0 bridgehead atoms. The summed E-state index contributed by atoms with van der Waals surface area (Å²) in [7, 11) is 0. The normalized spacial score (nSPS) is 17.6. The molecule has 0 amide bonds. The minimum absolute atomic E-state index is 0.145. The van der Waals surface area contributed by atoms with E-state index in [0.717, 1.165) is 25.0 Å². The van der Waals surface area contributed by atoms with Crippen LogP contribution in [0.2, 0.25) is 0 Å². The Labute approximate surface area is 360 Å². The highest BCUT2D eigenvalue weighted by atomic mass is 15.1. The molecule has 11 rings (SSSR count). The van der Waals surface area contributed by atoms with Gasteiger partial charge in [0, 0.05) is 27.3 Å². The Kier molecular flexibility index (Phi) is 8.79. The van der Waals surface area contributed by atoms with Crippen LogP contribution in [0.15, 0.2) is 192 Å². The lowest BCUT2D eigenvalue weighted by atomic mass is 9.66. The Morgan fingerprint density at radius 1 is 0.639 bits per heavy atom. The number of hydrogen-bond acceptors (Lipinski definition) is 1. The van der Waals surface area contributed by atoms with Gasteiger partial charge in [-0.25, -0.2) is 0 Å². The molecule has 0 radical (unpaired) electrons. The van der Waals surface area contributed by atoms with Crippen LogP contribution in [0.1, 0.15) is 99.0 Å². The lowest BCUT2D eigenvalue weighted by Crippen LogP contribution is -2.29. The second kappa shape index (κ2) is 14.3. The monoisotopic (exact) mass is 788 g/mol. The highest BCUT2D eigenvalue weighted by Gasteiger charge is 2.48. The summed E-state index contributed by atoms with van der Waals surface area (Å²) >= 11 is 0. The maximum atomic E-state index is 6.06. The molecule has 3 aliphatic rings. The van der Waals surface area contributed by atoms with Gasteiger partial charge in [0.2, 0.25) is 0 Å². The molecule has 0 spiro atoms. The Balaban J connectivity index is 1.21. The van der Waals surface area contributed by atoms with Crippen LogP contribution >= 0.6 is 0 Å². The van der Waals surface area contributed by atoms with Gasteiger partial charge in [0.15, 0.2) is 0 Å². The zero-order valence-corrected chi connectivity index (χ0v) is 35.9. The number of benzene rings is 7. The maximum absolute atomic E-state index is 6.06. The first-order chi connectivity index (χ1) is 29.8. The van der Waals surface area contributed by atoms with Gasteiger partial charge in [0.25, 0.3) is 0 Å². The highest BCUT2D eigenvalue weighted by molar-refractivity contribution is 6.34. The number of rotatable bonds is 8. The van der Waals surface area contributed by atoms with Crippen LogP contribution in [-0.2, 0) is 10.8 Å². The SMILES string of the molecule is CCC(C)C1=C(C(=NC(C)n2c3ccccc3c3cc4ccccc4cc32)c2ccc3c(c2)C2=C(C=CCC2)C3(c2ccccc2)c2ccccc2)c2ccccc2C1(C)C. The average Bonchev–Trinajstić information content (AvgIpc) is 3.88. The standard InChI is InChI=1S/C59H52N2/c1-6-38(2)56-55(47-29-16-18-30-50(47)58(56,4)5)57(60-39(3)61-53-32-20-17-28-46(53)49-35-40-21-13-14-22-41(40)37-54(49)61)42-33-34-52-48(36-42)45-27-15-19-31-51(45)59(52,43-23-9-7-10-24-43)44-25-11-8-12-26-44/h7-14,16-26,28-39H,6,15,27H2,1-5H3. The van der Waals surface area contributed by atoms with Gasteiger partial charge >= 0.3 is 0 Å². The van der Waals surface area contributed by atoms with E-state index in [1.54, 1.807) is 0 Å². The van der Waals surface area contributed by atoms with Crippen LogP contribution < -0.4 is 0 Å². The van der Waals surface area contributed by atoms with Crippen LogP contribution in [0.25, 0.3) is 43.7 Å². The number of hydrogen-bond donors (Lipinski definition) is 0. The third-order valence-corrected chi connectivity index (χ3v) is 14.4. The quantitative estimate of drug-likeness (QED) is 0.136. The molecule has 2 unspecified atom stereocenters. The van der Waals surface area contributed by atoms with Gasteiger partial charge in [-0.1, -0.05) is 179 Å². The van der Waals surface area contributed by atoms with Crippen molar-refractivity contribution < 1.29 is 0 Å². The molecule has 7 aromatic carbocycles. The van der Waals surface area contributed by atoms with Crippen molar-refractivity contribution in [3.8, 4) is 0 Å². The summed E-state index contributed by atoms with van der Waals surface area (Å²) in [4.78, 5) is 6.06. The van der Waals surface area contributed by atoms with Crippen LogP contribution in [0.5, 0.6) is 0 Å². The number of allylic oxidation sites excluding steroid dienone is 6. The fourth-order valence-corrected chi connectivity index (χ4v) is 11.7. The van der Waals surface area contributed by atoms with Crippen LogP contribution in [0.4, 0.5) is 0 Å². The molecule has 61 heavy (non-hydrogen) atoms. The van der Waals surface area contributed by atoms with Gasteiger partial charge in [0.1, 0.15) is 6.17 Å². The first-order valence-corrected chi connectivity index (χ1v) is 22.3. The van der Waals surface area contributed by atoms with E-state index < -0.39 is 5.41 Å². The Morgan fingerprint density at radius 3 is 2.03 bits per heavy atom. The van der Waals surface area contributed by atoms with Crippen LogP contribution in [0.3, 0.4) is 0 Å². The molecule has 298 valence electrons. The van der Waals surface area contributed by atoms with Crippen molar-refractivity contribution in [3.63, 3.8) is 0 Å². The third kappa shape index (κ3) is 5.51. The van der Waals surface area contributed by atoms with Gasteiger partial charge in [-0.15, -0.1) is 0 Å². The average molecular weight is 789 g/mol. The summed E-state index contributed by atoms with van der Waals surface area (Å²) in [6, 6.07) is 61.3. The maximum Gasteiger partial charge on any atom is 0.123 e. The summed E-state index contributed by atoms with van der Waals surface area (Å²) in [5, 5.41) is 5.03. The van der Waals surface area contributed by atoms with Crippen molar-refractivity contribution in [2.24, 2.45) is 10.9 Å². The fraction of sp³-hybridized carbons (Fsp3) is 0.203. The summed E-state index contributed by atoms with van der Waals surface area (Å²) < 4.78 is 2.49. The van der Waals surface area contributed by atoms with Crippen molar-refractivity contribution in [2.75, 3.05) is 0 Å². The molecule has 1 heterocycles. The number of fused-ring (bicyclic) bond motifs is 7. The van der Waals surface area contributed by atoms with Crippen LogP contribution in [-0.4, -0.2) is 10.3 Å². The third-order valence-electron chi connectivity index (χ3n) is 14.4. The number of aromatic nitrogens is 1. The largest absolute Gasteiger partial charge is 0.318 e. The van der Waals surface area contributed by atoms with Crippen molar-refractivity contribution in [1.29, 1.82) is 0 Å². The first kappa shape index (κ1) is 37.5. The van der Waals surface area contributed by atoms with Crippen molar-refractivity contribution in [1.82, 2.24) is 4.57 Å². The fourth-order valence-electron chi connectivity index (χ4n) is 11.7. The number of nitrogens with zero attached hydrogens (tertiary/aromatic N) is 2. The molecular weight excluding hydrogens is 737 g/mol. The van der Waals surface area contributed by atoms with Gasteiger partial charge in [-0.05, 0) is 117 Å². The van der Waals surface area contributed by atoms with Crippen LogP contribution in [0, 0.1) is 5.92 Å². The molecule has 0 N–H and O–H groups in total. The molecule has 3 aliphatic carbocycles. The zero-order valence-electron chi connectivity index (χ0n) is 35.9. The molecule has 2 nitrogen and oxygen atoms in total. The zero-order chi connectivity index (χ0) is 41.5. The molecule has 2 atom stereocenters. The minimum Gasteiger partial charge on any atom is -0.318 e. The summed E-state index contributed by atoms with van der Waals surface area (Å²) in [5.41, 5.74) is 17.8. The van der Waals surface area contributed by atoms with E-state index in [-0.39, 0.29) is 11.6 Å². The Bertz CT molecular complexity index is 3130. The lowest BCUT2D eigenvalue weighted by molar-refractivity contribution is 0.520. The van der Waals surface area contributed by atoms with Crippen molar-refractivity contribution in [3.05, 3.63) is 226 Å². The minimum atomic E-state index is -0.415. The molecule has 2 heteroatoms.